The first kappa shape index (κ1) is 20.1. The average molecular weight is 418 g/mol. The first-order chi connectivity index (χ1) is 13.9. The number of benzene rings is 1. The number of methoxy groups -OCH3 is 1. The molecule has 7 nitrogen and oxygen atoms in total. The second kappa shape index (κ2) is 7.91. The number of hydrogen-bond donors (Lipinski definition) is 1. The van der Waals surface area contributed by atoms with Gasteiger partial charge in [0.1, 0.15) is 10.6 Å². The van der Waals surface area contributed by atoms with E-state index in [1.165, 1.54) is 7.11 Å². The van der Waals surface area contributed by atoms with Crippen LogP contribution in [-0.4, -0.2) is 43.1 Å². The number of nitrogens with one attached hydrogen (secondary N) is 1. The summed E-state index contributed by atoms with van der Waals surface area (Å²) in [6, 6.07) is 5.13. The fourth-order valence-electron chi connectivity index (χ4n) is 4.29. The van der Waals surface area contributed by atoms with Gasteiger partial charge in [-0.25, -0.2) is 13.5 Å². The molecule has 8 heteroatoms. The van der Waals surface area contributed by atoms with E-state index in [2.05, 4.69) is 17.1 Å². The highest BCUT2D eigenvalue weighted by Crippen LogP contribution is 2.35. The van der Waals surface area contributed by atoms with Crippen molar-refractivity contribution in [2.75, 3.05) is 20.2 Å². The Labute approximate surface area is 171 Å². The van der Waals surface area contributed by atoms with Crippen molar-refractivity contribution in [1.82, 2.24) is 14.5 Å². The third kappa shape index (κ3) is 3.71. The van der Waals surface area contributed by atoms with Gasteiger partial charge in [-0.3, -0.25) is 4.79 Å². The molecular weight excluding hydrogens is 390 g/mol. The number of aromatic nitrogens is 2. The molecule has 1 N–H and O–H groups in total. The van der Waals surface area contributed by atoms with E-state index >= 15 is 0 Å². The van der Waals surface area contributed by atoms with Crippen molar-refractivity contribution in [3.63, 3.8) is 0 Å². The van der Waals surface area contributed by atoms with Gasteiger partial charge in [-0.2, -0.15) is 9.40 Å². The first-order valence-corrected chi connectivity index (χ1v) is 11.6. The lowest BCUT2D eigenvalue weighted by molar-refractivity contribution is 0.287. The van der Waals surface area contributed by atoms with Crippen molar-refractivity contribution in [2.24, 2.45) is 5.92 Å². The van der Waals surface area contributed by atoms with Crippen LogP contribution < -0.4 is 10.3 Å². The molecule has 2 heterocycles. The molecule has 156 valence electrons. The highest BCUT2D eigenvalue weighted by molar-refractivity contribution is 7.89. The molecule has 0 spiro atoms. The molecule has 1 aliphatic carbocycles. The summed E-state index contributed by atoms with van der Waals surface area (Å²) in [4.78, 5) is 12.3. The summed E-state index contributed by atoms with van der Waals surface area (Å²) in [7, 11) is -2.20. The SMILES string of the molecule is COc1ccc(-c2n[nH]c(=O)c3c2CCCC3)cc1S(=O)(=O)N1CCC(C)CC1. The molecule has 1 fully saturated rings. The zero-order valence-corrected chi connectivity index (χ0v) is 17.7. The van der Waals surface area contributed by atoms with Gasteiger partial charge in [0, 0.05) is 24.2 Å². The fourth-order valence-corrected chi connectivity index (χ4v) is 5.94. The van der Waals surface area contributed by atoms with E-state index in [4.69, 9.17) is 4.74 Å². The minimum Gasteiger partial charge on any atom is -0.495 e. The van der Waals surface area contributed by atoms with Crippen LogP contribution in [0.3, 0.4) is 0 Å². The first-order valence-electron chi connectivity index (χ1n) is 10.2. The second-order valence-corrected chi connectivity index (χ2v) is 9.92. The minimum atomic E-state index is -3.68. The zero-order valence-electron chi connectivity index (χ0n) is 16.9. The Kier molecular flexibility index (Phi) is 5.48. The van der Waals surface area contributed by atoms with Crippen molar-refractivity contribution in [1.29, 1.82) is 0 Å². The predicted molar refractivity (Wildman–Crippen MR) is 111 cm³/mol. The lowest BCUT2D eigenvalue weighted by atomic mass is 9.90. The van der Waals surface area contributed by atoms with Gasteiger partial charge in [0.05, 0.1) is 12.8 Å². The fraction of sp³-hybridized carbons (Fsp3) is 0.524. The van der Waals surface area contributed by atoms with Gasteiger partial charge < -0.3 is 4.74 Å². The molecule has 0 bridgehead atoms. The van der Waals surface area contributed by atoms with Gasteiger partial charge in [-0.15, -0.1) is 0 Å². The largest absolute Gasteiger partial charge is 0.495 e. The third-order valence-electron chi connectivity index (χ3n) is 6.09. The van der Waals surface area contributed by atoms with Crippen LogP contribution in [0.2, 0.25) is 0 Å². The maximum Gasteiger partial charge on any atom is 0.267 e. The highest BCUT2D eigenvalue weighted by atomic mass is 32.2. The van der Waals surface area contributed by atoms with E-state index < -0.39 is 10.0 Å². The number of sulfonamides is 1. The Bertz CT molecular complexity index is 1070. The van der Waals surface area contributed by atoms with Crippen LogP contribution in [0.25, 0.3) is 11.3 Å². The number of H-pyrrole nitrogens is 1. The molecule has 4 rings (SSSR count). The van der Waals surface area contributed by atoms with Crippen LogP contribution >= 0.6 is 0 Å². The van der Waals surface area contributed by atoms with E-state index in [-0.39, 0.29) is 10.5 Å². The average Bonchev–Trinajstić information content (AvgIpc) is 2.74. The topological polar surface area (TPSA) is 92.4 Å². The van der Waals surface area contributed by atoms with Crippen molar-refractivity contribution in [2.45, 2.75) is 50.3 Å². The number of aromatic amines is 1. The van der Waals surface area contributed by atoms with Crippen molar-refractivity contribution in [3.05, 3.63) is 39.7 Å². The Morgan fingerprint density at radius 1 is 1.14 bits per heavy atom. The molecule has 0 unspecified atom stereocenters. The number of piperidine rings is 1. The summed E-state index contributed by atoms with van der Waals surface area (Å²) >= 11 is 0. The Morgan fingerprint density at radius 2 is 1.83 bits per heavy atom. The minimum absolute atomic E-state index is 0.146. The molecule has 0 saturated carbocycles. The monoisotopic (exact) mass is 417 g/mol. The Hall–Kier alpha value is -2.19. The lowest BCUT2D eigenvalue weighted by Crippen LogP contribution is -2.38. The van der Waals surface area contributed by atoms with E-state index in [9.17, 15) is 13.2 Å². The third-order valence-corrected chi connectivity index (χ3v) is 8.01. The second-order valence-electron chi connectivity index (χ2n) is 8.02. The quantitative estimate of drug-likeness (QED) is 0.826. The van der Waals surface area contributed by atoms with Gasteiger partial charge in [-0.1, -0.05) is 6.92 Å². The van der Waals surface area contributed by atoms with Gasteiger partial charge in [0.25, 0.3) is 5.56 Å². The normalized spacial score (nSPS) is 18.4. The molecule has 0 atom stereocenters. The number of hydrogen-bond acceptors (Lipinski definition) is 5. The van der Waals surface area contributed by atoms with Crippen molar-refractivity contribution in [3.8, 4) is 17.0 Å². The molecule has 1 aliphatic heterocycles. The van der Waals surface area contributed by atoms with Crippen LogP contribution in [-0.2, 0) is 22.9 Å². The lowest BCUT2D eigenvalue weighted by Gasteiger charge is -2.30. The number of rotatable bonds is 4. The summed E-state index contributed by atoms with van der Waals surface area (Å²) < 4.78 is 33.7. The number of nitrogens with zero attached hydrogens (tertiary/aromatic N) is 2. The number of fused-ring (bicyclic) bond motifs is 1. The van der Waals surface area contributed by atoms with Crippen LogP contribution in [0.5, 0.6) is 5.75 Å². The molecule has 1 aromatic heterocycles. The molecule has 2 aromatic rings. The summed E-state index contributed by atoms with van der Waals surface area (Å²) in [5.74, 6) is 0.859. The standard InChI is InChI=1S/C21H27N3O4S/c1-14-9-11-24(12-10-14)29(26,27)19-13-15(7-8-18(19)28-2)20-16-5-3-4-6-17(16)21(25)23-22-20/h7-8,13-14H,3-6,9-12H2,1-2H3,(H,23,25). The van der Waals surface area contributed by atoms with Gasteiger partial charge in [0.2, 0.25) is 10.0 Å². The Balaban J connectivity index is 1.80. The van der Waals surface area contributed by atoms with Crippen molar-refractivity contribution < 1.29 is 13.2 Å². The molecule has 1 saturated heterocycles. The summed E-state index contributed by atoms with van der Waals surface area (Å²) in [6.07, 6.45) is 5.20. The molecule has 29 heavy (non-hydrogen) atoms. The van der Waals surface area contributed by atoms with Gasteiger partial charge in [-0.05, 0) is 68.2 Å². The molecule has 2 aliphatic rings. The summed E-state index contributed by atoms with van der Waals surface area (Å²) in [5, 5.41) is 6.86. The van der Waals surface area contributed by atoms with Gasteiger partial charge in [0.15, 0.2) is 0 Å². The predicted octanol–water partition coefficient (Wildman–Crippen LogP) is 2.74. The van der Waals surface area contributed by atoms with E-state index in [1.54, 1.807) is 16.4 Å². The van der Waals surface area contributed by atoms with Crippen LogP contribution in [0, 0.1) is 5.92 Å². The Morgan fingerprint density at radius 3 is 2.52 bits per heavy atom. The van der Waals surface area contributed by atoms with Crippen LogP contribution in [0.4, 0.5) is 0 Å². The maximum atomic E-state index is 13.4. The van der Waals surface area contributed by atoms with Crippen molar-refractivity contribution >= 4 is 10.0 Å². The van der Waals surface area contributed by atoms with Crippen LogP contribution in [0.1, 0.15) is 43.7 Å². The smallest absolute Gasteiger partial charge is 0.267 e. The molecule has 0 radical (unpaired) electrons. The maximum absolute atomic E-state index is 13.4. The van der Waals surface area contributed by atoms with Gasteiger partial charge >= 0.3 is 0 Å². The van der Waals surface area contributed by atoms with E-state index in [1.807, 2.05) is 6.07 Å². The highest BCUT2D eigenvalue weighted by Gasteiger charge is 2.31. The zero-order chi connectivity index (χ0) is 20.6. The molecule has 1 aromatic carbocycles. The van der Waals surface area contributed by atoms with E-state index in [0.29, 0.717) is 36.0 Å². The summed E-state index contributed by atoms with van der Waals surface area (Å²) in [6.45, 7) is 3.18. The van der Waals surface area contributed by atoms with Crippen LogP contribution in [0.15, 0.2) is 27.9 Å². The summed E-state index contributed by atoms with van der Waals surface area (Å²) in [5.41, 5.74) is 2.90. The number of ether oxygens (including phenoxy) is 1. The van der Waals surface area contributed by atoms with E-state index in [0.717, 1.165) is 49.7 Å². The molecule has 0 amide bonds. The molecular formula is C21H27N3O4S.